The summed E-state index contributed by atoms with van der Waals surface area (Å²) in [4.78, 5) is 29.3. The van der Waals surface area contributed by atoms with Crippen molar-refractivity contribution in [2.24, 2.45) is 9.98 Å². The standard InChI is InChI=1S/C38H22N4O2/c43-23-39-27-13-19-37-33(21-27)31-5-1-3-7-35(31)41(37)29-15-9-25(10-16-29)26-11-17-30(18-12-26)42-36-8-4-2-6-32(36)34-22-28(40-24-44)14-20-38(34)42/h1-22H. The highest BCUT2D eigenvalue weighted by Crippen LogP contribution is 2.36. The van der Waals surface area contributed by atoms with Gasteiger partial charge in [-0.3, -0.25) is 0 Å². The molecule has 0 spiro atoms. The van der Waals surface area contributed by atoms with E-state index in [1.54, 1.807) is 12.2 Å². The number of hydrogen-bond acceptors (Lipinski definition) is 4. The van der Waals surface area contributed by atoms with Gasteiger partial charge < -0.3 is 9.13 Å². The quantitative estimate of drug-likeness (QED) is 0.154. The fourth-order valence-electron chi connectivity index (χ4n) is 6.33. The molecule has 0 N–H and O–H groups in total. The molecule has 0 aliphatic rings. The van der Waals surface area contributed by atoms with Crippen molar-refractivity contribution in [3.05, 3.63) is 133 Å². The van der Waals surface area contributed by atoms with Crippen molar-refractivity contribution >= 4 is 67.1 Å². The van der Waals surface area contributed by atoms with Gasteiger partial charge in [-0.1, -0.05) is 60.7 Å². The number of carbonyl (C=O) groups excluding carboxylic acids is 2. The van der Waals surface area contributed by atoms with E-state index >= 15 is 0 Å². The number of aromatic nitrogens is 2. The molecule has 6 nitrogen and oxygen atoms in total. The van der Waals surface area contributed by atoms with E-state index in [9.17, 15) is 9.59 Å². The van der Waals surface area contributed by atoms with Crippen LogP contribution in [0.2, 0.25) is 0 Å². The number of isocyanates is 2. The SMILES string of the molecule is O=C=Nc1ccc2c(c1)c1ccccc1n2-c1ccc(-c2ccc(-n3c4ccccc4c4cc(N=C=O)ccc43)cc2)cc1. The predicted octanol–water partition coefficient (Wildman–Crippen LogP) is 9.48. The van der Waals surface area contributed by atoms with Crippen molar-refractivity contribution in [1.29, 1.82) is 0 Å². The van der Waals surface area contributed by atoms with Crippen LogP contribution in [0.5, 0.6) is 0 Å². The van der Waals surface area contributed by atoms with Gasteiger partial charge in [0.1, 0.15) is 0 Å². The first kappa shape index (κ1) is 25.4. The Hall–Kier alpha value is -6.32. The highest BCUT2D eigenvalue weighted by Gasteiger charge is 2.14. The van der Waals surface area contributed by atoms with Gasteiger partial charge in [-0.15, -0.1) is 0 Å². The van der Waals surface area contributed by atoms with Crippen molar-refractivity contribution in [3.8, 4) is 22.5 Å². The second kappa shape index (κ2) is 10.2. The molecule has 6 aromatic carbocycles. The van der Waals surface area contributed by atoms with Crippen molar-refractivity contribution in [2.75, 3.05) is 0 Å². The number of benzene rings is 6. The molecule has 0 aliphatic heterocycles. The highest BCUT2D eigenvalue weighted by atomic mass is 16.1. The van der Waals surface area contributed by atoms with Crippen LogP contribution in [-0.4, -0.2) is 21.3 Å². The van der Waals surface area contributed by atoms with E-state index in [1.807, 2.05) is 60.7 Å². The maximum absolute atomic E-state index is 10.9. The summed E-state index contributed by atoms with van der Waals surface area (Å²) in [5, 5.41) is 4.27. The van der Waals surface area contributed by atoms with Gasteiger partial charge in [0.25, 0.3) is 0 Å². The van der Waals surface area contributed by atoms with Crippen LogP contribution in [0.15, 0.2) is 143 Å². The summed E-state index contributed by atoms with van der Waals surface area (Å²) in [6.45, 7) is 0. The summed E-state index contributed by atoms with van der Waals surface area (Å²) in [7, 11) is 0. The first-order chi connectivity index (χ1) is 21.7. The maximum atomic E-state index is 10.9. The first-order valence-electron chi connectivity index (χ1n) is 14.2. The molecule has 2 aromatic heterocycles. The summed E-state index contributed by atoms with van der Waals surface area (Å²) < 4.78 is 4.47. The lowest BCUT2D eigenvalue weighted by Gasteiger charge is -2.11. The van der Waals surface area contributed by atoms with E-state index in [-0.39, 0.29) is 0 Å². The monoisotopic (exact) mass is 566 g/mol. The van der Waals surface area contributed by atoms with Gasteiger partial charge in [0, 0.05) is 32.9 Å². The minimum absolute atomic E-state index is 0.590. The summed E-state index contributed by atoms with van der Waals surface area (Å²) in [6, 6.07) is 45.2. The van der Waals surface area contributed by atoms with Crippen LogP contribution in [-0.2, 0) is 9.59 Å². The molecule has 206 valence electrons. The molecule has 0 saturated carbocycles. The largest absolute Gasteiger partial charge is 0.309 e. The minimum Gasteiger partial charge on any atom is -0.309 e. The topological polar surface area (TPSA) is 68.7 Å². The summed E-state index contributed by atoms with van der Waals surface area (Å²) in [6.07, 6.45) is 3.28. The zero-order valence-corrected chi connectivity index (χ0v) is 23.3. The fourth-order valence-corrected chi connectivity index (χ4v) is 6.33. The Bertz CT molecular complexity index is 2310. The average molecular weight is 567 g/mol. The van der Waals surface area contributed by atoms with E-state index in [1.165, 1.54) is 0 Å². The van der Waals surface area contributed by atoms with Gasteiger partial charge in [0.2, 0.25) is 12.2 Å². The lowest BCUT2D eigenvalue weighted by molar-refractivity contribution is 0.564. The number of aliphatic imine (C=N–C) groups is 2. The third-order valence-electron chi connectivity index (χ3n) is 8.25. The van der Waals surface area contributed by atoms with Gasteiger partial charge in [-0.2, -0.15) is 9.98 Å². The third kappa shape index (κ3) is 3.99. The van der Waals surface area contributed by atoms with E-state index in [0.717, 1.165) is 66.1 Å². The van der Waals surface area contributed by atoms with Crippen molar-refractivity contribution in [3.63, 3.8) is 0 Å². The number of fused-ring (bicyclic) bond motifs is 6. The summed E-state index contributed by atoms with van der Waals surface area (Å²) in [5.74, 6) is 0. The normalized spacial score (nSPS) is 11.2. The lowest BCUT2D eigenvalue weighted by Crippen LogP contribution is -1.94. The molecule has 6 heteroatoms. The average Bonchev–Trinajstić information content (AvgIpc) is 3.58. The van der Waals surface area contributed by atoms with E-state index < -0.39 is 0 Å². The molecule has 0 bridgehead atoms. The molecule has 0 atom stereocenters. The Morgan fingerprint density at radius 1 is 0.409 bits per heavy atom. The van der Waals surface area contributed by atoms with Gasteiger partial charge in [-0.25, -0.2) is 9.59 Å². The van der Waals surface area contributed by atoms with E-state index in [2.05, 4.69) is 91.9 Å². The van der Waals surface area contributed by atoms with E-state index in [0.29, 0.717) is 11.4 Å². The lowest BCUT2D eigenvalue weighted by atomic mass is 10.0. The van der Waals surface area contributed by atoms with Gasteiger partial charge in [-0.05, 0) is 83.9 Å². The molecular weight excluding hydrogens is 544 g/mol. The van der Waals surface area contributed by atoms with Crippen LogP contribution in [0.3, 0.4) is 0 Å². The fraction of sp³-hybridized carbons (Fsp3) is 0. The summed E-state index contributed by atoms with van der Waals surface area (Å²) >= 11 is 0. The maximum Gasteiger partial charge on any atom is 0.240 e. The second-order valence-corrected chi connectivity index (χ2v) is 10.6. The number of nitrogens with zero attached hydrogens (tertiary/aromatic N) is 4. The zero-order chi connectivity index (χ0) is 29.6. The van der Waals surface area contributed by atoms with Gasteiger partial charge in [0.05, 0.1) is 33.4 Å². The van der Waals surface area contributed by atoms with Crippen molar-refractivity contribution in [1.82, 2.24) is 9.13 Å². The van der Waals surface area contributed by atoms with Crippen molar-refractivity contribution in [2.45, 2.75) is 0 Å². The number of para-hydroxylation sites is 2. The van der Waals surface area contributed by atoms with Crippen LogP contribution in [0.1, 0.15) is 0 Å². The third-order valence-corrected chi connectivity index (χ3v) is 8.25. The van der Waals surface area contributed by atoms with E-state index in [4.69, 9.17) is 0 Å². The summed E-state index contributed by atoms with van der Waals surface area (Å²) in [5.41, 5.74) is 9.77. The molecular formula is C38H22N4O2. The molecule has 0 unspecified atom stereocenters. The Kier molecular flexibility index (Phi) is 5.88. The molecule has 8 rings (SSSR count). The van der Waals surface area contributed by atoms with Crippen LogP contribution >= 0.6 is 0 Å². The van der Waals surface area contributed by atoms with Crippen LogP contribution in [0, 0.1) is 0 Å². The number of rotatable bonds is 5. The van der Waals surface area contributed by atoms with Gasteiger partial charge >= 0.3 is 0 Å². The smallest absolute Gasteiger partial charge is 0.240 e. The molecule has 0 fully saturated rings. The Morgan fingerprint density at radius 2 is 0.795 bits per heavy atom. The predicted molar refractivity (Wildman–Crippen MR) is 176 cm³/mol. The second-order valence-electron chi connectivity index (χ2n) is 10.6. The Balaban J connectivity index is 1.18. The molecule has 0 aliphatic carbocycles. The Labute approximate surface area is 251 Å². The number of hydrogen-bond donors (Lipinski definition) is 0. The Morgan fingerprint density at radius 3 is 1.20 bits per heavy atom. The minimum atomic E-state index is 0.590. The molecule has 2 heterocycles. The highest BCUT2D eigenvalue weighted by molar-refractivity contribution is 6.11. The molecule has 0 amide bonds. The first-order valence-corrected chi connectivity index (χ1v) is 14.2. The van der Waals surface area contributed by atoms with Crippen molar-refractivity contribution < 1.29 is 9.59 Å². The zero-order valence-electron chi connectivity index (χ0n) is 23.3. The van der Waals surface area contributed by atoms with Crippen LogP contribution in [0.4, 0.5) is 11.4 Å². The van der Waals surface area contributed by atoms with Crippen LogP contribution < -0.4 is 0 Å². The van der Waals surface area contributed by atoms with Crippen LogP contribution in [0.25, 0.3) is 66.1 Å². The molecule has 0 saturated heterocycles. The molecule has 8 aromatic rings. The van der Waals surface area contributed by atoms with Gasteiger partial charge in [0.15, 0.2) is 0 Å². The molecule has 0 radical (unpaired) electrons. The molecule has 44 heavy (non-hydrogen) atoms.